The predicted molar refractivity (Wildman–Crippen MR) is 89.3 cm³/mol. The number of anilines is 1. The highest BCUT2D eigenvalue weighted by atomic mass is 16.5. The number of rotatable bonds is 7. The fourth-order valence-corrected chi connectivity index (χ4v) is 2.61. The van der Waals surface area contributed by atoms with E-state index >= 15 is 0 Å². The lowest BCUT2D eigenvalue weighted by molar-refractivity contribution is -0.138. The van der Waals surface area contributed by atoms with Gasteiger partial charge in [0, 0.05) is 18.2 Å². The third-order valence-corrected chi connectivity index (χ3v) is 3.77. The molecule has 2 amide bonds. The second-order valence-electron chi connectivity index (χ2n) is 5.65. The first-order chi connectivity index (χ1) is 11.1. The molecule has 1 atom stereocenters. The van der Waals surface area contributed by atoms with Crippen molar-refractivity contribution < 1.29 is 14.3 Å². The van der Waals surface area contributed by atoms with Crippen molar-refractivity contribution >= 4 is 17.5 Å². The van der Waals surface area contributed by atoms with E-state index in [4.69, 9.17) is 4.74 Å². The first kappa shape index (κ1) is 17.3. The Morgan fingerprint density at radius 1 is 1.35 bits per heavy atom. The SMILES string of the molecule is CCCC1CC(=O)N(CC(=O)Nc2ccc(OCC)cc2)CN1. The van der Waals surface area contributed by atoms with Crippen LogP contribution in [-0.4, -0.2) is 42.6 Å². The summed E-state index contributed by atoms with van der Waals surface area (Å²) in [4.78, 5) is 25.7. The van der Waals surface area contributed by atoms with Crippen LogP contribution in [0.1, 0.15) is 33.1 Å². The normalized spacial score (nSPS) is 17.9. The summed E-state index contributed by atoms with van der Waals surface area (Å²) in [6.45, 7) is 5.13. The quantitative estimate of drug-likeness (QED) is 0.806. The molecular weight excluding hydrogens is 294 g/mol. The van der Waals surface area contributed by atoms with Crippen molar-refractivity contribution in [1.82, 2.24) is 10.2 Å². The molecule has 1 heterocycles. The Kier molecular flexibility index (Phi) is 6.40. The summed E-state index contributed by atoms with van der Waals surface area (Å²) in [5.41, 5.74) is 0.694. The van der Waals surface area contributed by atoms with Gasteiger partial charge in [-0.1, -0.05) is 13.3 Å². The molecule has 23 heavy (non-hydrogen) atoms. The zero-order chi connectivity index (χ0) is 16.7. The van der Waals surface area contributed by atoms with Crippen LogP contribution in [-0.2, 0) is 9.59 Å². The van der Waals surface area contributed by atoms with Gasteiger partial charge in [-0.05, 0) is 37.6 Å². The van der Waals surface area contributed by atoms with Crippen molar-refractivity contribution in [2.75, 3.05) is 25.1 Å². The average molecular weight is 319 g/mol. The van der Waals surface area contributed by atoms with E-state index in [1.807, 2.05) is 19.1 Å². The Labute approximate surface area is 137 Å². The van der Waals surface area contributed by atoms with Crippen LogP contribution in [0.3, 0.4) is 0 Å². The lowest BCUT2D eigenvalue weighted by Crippen LogP contribution is -2.52. The Morgan fingerprint density at radius 2 is 2.09 bits per heavy atom. The van der Waals surface area contributed by atoms with Crippen molar-refractivity contribution in [1.29, 1.82) is 0 Å². The first-order valence-corrected chi connectivity index (χ1v) is 8.16. The highest BCUT2D eigenvalue weighted by molar-refractivity contribution is 5.94. The molecule has 0 aromatic heterocycles. The molecule has 0 radical (unpaired) electrons. The second-order valence-corrected chi connectivity index (χ2v) is 5.65. The highest BCUT2D eigenvalue weighted by Crippen LogP contribution is 2.16. The molecule has 1 saturated heterocycles. The van der Waals surface area contributed by atoms with Gasteiger partial charge in [-0.25, -0.2) is 0 Å². The molecule has 1 aromatic rings. The van der Waals surface area contributed by atoms with Gasteiger partial charge in [-0.2, -0.15) is 0 Å². The summed E-state index contributed by atoms with van der Waals surface area (Å²) in [5.74, 6) is 0.602. The molecule has 6 nitrogen and oxygen atoms in total. The van der Waals surface area contributed by atoms with Crippen LogP contribution in [0.4, 0.5) is 5.69 Å². The van der Waals surface area contributed by atoms with Crippen molar-refractivity contribution in [3.8, 4) is 5.75 Å². The number of nitrogens with one attached hydrogen (secondary N) is 2. The lowest BCUT2D eigenvalue weighted by atomic mass is 10.1. The van der Waals surface area contributed by atoms with Gasteiger partial charge in [-0.15, -0.1) is 0 Å². The van der Waals surface area contributed by atoms with E-state index < -0.39 is 0 Å². The molecule has 1 fully saturated rings. The summed E-state index contributed by atoms with van der Waals surface area (Å²) < 4.78 is 5.36. The zero-order valence-corrected chi connectivity index (χ0v) is 13.8. The molecule has 1 aliphatic heterocycles. The number of ether oxygens (including phenoxy) is 1. The molecular formula is C17H25N3O3. The van der Waals surface area contributed by atoms with Crippen LogP contribution < -0.4 is 15.4 Å². The van der Waals surface area contributed by atoms with Crippen LogP contribution in [0.2, 0.25) is 0 Å². The largest absolute Gasteiger partial charge is 0.494 e. The summed E-state index contributed by atoms with van der Waals surface area (Å²) in [6, 6.07) is 7.43. The monoisotopic (exact) mass is 319 g/mol. The van der Waals surface area contributed by atoms with Crippen LogP contribution >= 0.6 is 0 Å². The van der Waals surface area contributed by atoms with E-state index in [0.717, 1.165) is 18.6 Å². The molecule has 2 rings (SSSR count). The number of hydrogen-bond donors (Lipinski definition) is 2. The van der Waals surface area contributed by atoms with Gasteiger partial charge in [0.2, 0.25) is 11.8 Å². The van der Waals surface area contributed by atoms with Gasteiger partial charge >= 0.3 is 0 Å². The third kappa shape index (κ3) is 5.25. The minimum Gasteiger partial charge on any atom is -0.494 e. The summed E-state index contributed by atoms with van der Waals surface area (Å²) in [5, 5.41) is 6.10. The number of nitrogens with zero attached hydrogens (tertiary/aromatic N) is 1. The lowest BCUT2D eigenvalue weighted by Gasteiger charge is -2.32. The van der Waals surface area contributed by atoms with Crippen LogP contribution in [0.5, 0.6) is 5.75 Å². The Morgan fingerprint density at radius 3 is 2.70 bits per heavy atom. The van der Waals surface area contributed by atoms with E-state index in [9.17, 15) is 9.59 Å². The molecule has 6 heteroatoms. The van der Waals surface area contributed by atoms with Gasteiger partial charge in [0.15, 0.2) is 0 Å². The van der Waals surface area contributed by atoms with Crippen molar-refractivity contribution in [3.05, 3.63) is 24.3 Å². The second kappa shape index (κ2) is 8.53. The standard InChI is InChI=1S/C17H25N3O3/c1-3-5-14-10-17(22)20(12-18-14)11-16(21)19-13-6-8-15(9-7-13)23-4-2/h6-9,14,18H,3-5,10-12H2,1-2H3,(H,19,21). The molecule has 0 saturated carbocycles. The van der Waals surface area contributed by atoms with Gasteiger partial charge in [0.05, 0.1) is 13.3 Å². The predicted octanol–water partition coefficient (Wildman–Crippen LogP) is 1.97. The van der Waals surface area contributed by atoms with E-state index in [0.29, 0.717) is 25.4 Å². The number of amides is 2. The van der Waals surface area contributed by atoms with E-state index in [-0.39, 0.29) is 24.4 Å². The van der Waals surface area contributed by atoms with Gasteiger partial charge in [0.25, 0.3) is 0 Å². The Balaban J connectivity index is 1.81. The van der Waals surface area contributed by atoms with Crippen molar-refractivity contribution in [2.24, 2.45) is 0 Å². The maximum atomic E-state index is 12.1. The van der Waals surface area contributed by atoms with Crippen molar-refractivity contribution in [3.63, 3.8) is 0 Å². The maximum Gasteiger partial charge on any atom is 0.244 e. The van der Waals surface area contributed by atoms with Crippen LogP contribution in [0, 0.1) is 0 Å². The average Bonchev–Trinajstić information content (AvgIpc) is 2.52. The summed E-state index contributed by atoms with van der Waals surface area (Å²) in [7, 11) is 0. The number of carbonyl (C=O) groups excluding carboxylic acids is 2. The number of hydrogen-bond acceptors (Lipinski definition) is 4. The smallest absolute Gasteiger partial charge is 0.244 e. The van der Waals surface area contributed by atoms with Crippen LogP contribution in [0.25, 0.3) is 0 Å². The number of benzene rings is 1. The fraction of sp³-hybridized carbons (Fsp3) is 0.529. The Bertz CT molecular complexity index is 530. The first-order valence-electron chi connectivity index (χ1n) is 8.16. The van der Waals surface area contributed by atoms with Gasteiger partial charge in [0.1, 0.15) is 12.3 Å². The molecule has 0 spiro atoms. The molecule has 0 aliphatic carbocycles. The van der Waals surface area contributed by atoms with Gasteiger partial charge < -0.3 is 15.0 Å². The molecule has 1 unspecified atom stereocenters. The summed E-state index contributed by atoms with van der Waals surface area (Å²) in [6.07, 6.45) is 2.49. The maximum absolute atomic E-state index is 12.1. The van der Waals surface area contributed by atoms with Crippen molar-refractivity contribution in [2.45, 2.75) is 39.2 Å². The molecule has 0 bridgehead atoms. The molecule has 1 aliphatic rings. The fourth-order valence-electron chi connectivity index (χ4n) is 2.61. The topological polar surface area (TPSA) is 70.7 Å². The third-order valence-electron chi connectivity index (χ3n) is 3.77. The minimum absolute atomic E-state index is 0.0315. The number of carbonyl (C=O) groups is 2. The van der Waals surface area contributed by atoms with E-state index in [1.165, 1.54) is 0 Å². The van der Waals surface area contributed by atoms with E-state index in [1.54, 1.807) is 17.0 Å². The zero-order valence-electron chi connectivity index (χ0n) is 13.8. The van der Waals surface area contributed by atoms with Gasteiger partial charge in [-0.3, -0.25) is 14.9 Å². The highest BCUT2D eigenvalue weighted by Gasteiger charge is 2.25. The molecule has 126 valence electrons. The minimum atomic E-state index is -0.196. The molecule has 2 N–H and O–H groups in total. The summed E-state index contributed by atoms with van der Waals surface area (Å²) >= 11 is 0. The Hall–Kier alpha value is -2.08. The van der Waals surface area contributed by atoms with Crippen LogP contribution in [0.15, 0.2) is 24.3 Å². The molecule has 1 aromatic carbocycles. The van der Waals surface area contributed by atoms with E-state index in [2.05, 4.69) is 17.6 Å².